The van der Waals surface area contributed by atoms with Crippen molar-refractivity contribution in [2.75, 3.05) is 13.1 Å². The molecule has 4 heteroatoms. The number of aliphatic hydroxyl groups is 1. The molecule has 1 heterocycles. The number of fused-ring (bicyclic) bond motifs is 2. The Balaban J connectivity index is 1.54. The number of hydrogen-bond acceptors (Lipinski definition) is 3. The Labute approximate surface area is 113 Å². The van der Waals surface area contributed by atoms with Gasteiger partial charge >= 0.3 is 6.09 Å². The number of carbonyl (C=O) groups excluding carboxylic acids is 1. The molecule has 1 aromatic rings. The van der Waals surface area contributed by atoms with Crippen molar-refractivity contribution >= 4 is 6.09 Å². The first-order valence-electron chi connectivity index (χ1n) is 6.88. The maximum atomic E-state index is 12.0. The molecule has 1 aliphatic heterocycles. The average molecular weight is 261 g/mol. The summed E-state index contributed by atoms with van der Waals surface area (Å²) in [6, 6.07) is 9.68. The van der Waals surface area contributed by atoms with Crippen LogP contribution in [-0.2, 0) is 11.3 Å². The van der Waals surface area contributed by atoms with Crippen LogP contribution in [0.25, 0.3) is 0 Å². The van der Waals surface area contributed by atoms with Crippen LogP contribution in [0.5, 0.6) is 0 Å². The lowest BCUT2D eigenvalue weighted by molar-refractivity contribution is 0.0107. The fraction of sp³-hybridized carbons (Fsp3) is 0.533. The van der Waals surface area contributed by atoms with Gasteiger partial charge in [-0.05, 0) is 18.4 Å². The largest absolute Gasteiger partial charge is 0.445 e. The molecule has 2 atom stereocenters. The SMILES string of the molecule is O=C(OCc1ccccc1)N1CC2CCC(C1)C2O. The van der Waals surface area contributed by atoms with Gasteiger partial charge in [-0.2, -0.15) is 0 Å². The predicted molar refractivity (Wildman–Crippen MR) is 70.4 cm³/mol. The zero-order valence-corrected chi connectivity index (χ0v) is 10.9. The zero-order chi connectivity index (χ0) is 13.2. The highest BCUT2D eigenvalue weighted by atomic mass is 16.6. The van der Waals surface area contributed by atoms with Crippen molar-refractivity contribution in [3.63, 3.8) is 0 Å². The summed E-state index contributed by atoms with van der Waals surface area (Å²) in [7, 11) is 0. The predicted octanol–water partition coefficient (Wildman–Crippen LogP) is 2.03. The number of nitrogens with zero attached hydrogens (tertiary/aromatic N) is 1. The minimum absolute atomic E-state index is 0.224. The monoisotopic (exact) mass is 261 g/mol. The third-order valence-corrected chi connectivity index (χ3v) is 4.25. The van der Waals surface area contributed by atoms with E-state index in [0.29, 0.717) is 19.7 Å². The highest BCUT2D eigenvalue weighted by molar-refractivity contribution is 5.68. The van der Waals surface area contributed by atoms with Gasteiger partial charge in [0.15, 0.2) is 0 Å². The average Bonchev–Trinajstić information content (AvgIpc) is 2.68. The van der Waals surface area contributed by atoms with Gasteiger partial charge in [-0.1, -0.05) is 30.3 Å². The Morgan fingerprint density at radius 1 is 1.21 bits per heavy atom. The van der Waals surface area contributed by atoms with Crippen LogP contribution >= 0.6 is 0 Å². The maximum Gasteiger partial charge on any atom is 0.410 e. The van der Waals surface area contributed by atoms with Crippen molar-refractivity contribution < 1.29 is 14.6 Å². The molecular formula is C15H19NO3. The molecule has 1 amide bonds. The van der Waals surface area contributed by atoms with E-state index in [1.54, 1.807) is 4.90 Å². The molecule has 2 aliphatic rings. The summed E-state index contributed by atoms with van der Waals surface area (Å²) in [5.41, 5.74) is 0.996. The molecule has 102 valence electrons. The van der Waals surface area contributed by atoms with E-state index in [-0.39, 0.29) is 24.0 Å². The van der Waals surface area contributed by atoms with Crippen LogP contribution < -0.4 is 0 Å². The highest BCUT2D eigenvalue weighted by Gasteiger charge is 2.42. The van der Waals surface area contributed by atoms with Crippen molar-refractivity contribution in [2.24, 2.45) is 11.8 Å². The Morgan fingerprint density at radius 2 is 1.84 bits per heavy atom. The number of amides is 1. The lowest BCUT2D eigenvalue weighted by atomic mass is 9.95. The highest BCUT2D eigenvalue weighted by Crippen LogP contribution is 2.36. The fourth-order valence-corrected chi connectivity index (χ4v) is 3.15. The van der Waals surface area contributed by atoms with Crippen LogP contribution in [0.2, 0.25) is 0 Å². The molecule has 4 nitrogen and oxygen atoms in total. The summed E-state index contributed by atoms with van der Waals surface area (Å²) < 4.78 is 5.33. The second kappa shape index (κ2) is 5.21. The summed E-state index contributed by atoms with van der Waals surface area (Å²) in [5, 5.41) is 9.94. The molecule has 3 rings (SSSR count). The number of likely N-dealkylation sites (tertiary alicyclic amines) is 1. The Hall–Kier alpha value is -1.55. The van der Waals surface area contributed by atoms with Crippen molar-refractivity contribution in [3.05, 3.63) is 35.9 Å². The Kier molecular flexibility index (Phi) is 3.42. The first kappa shape index (κ1) is 12.5. The number of benzene rings is 1. The van der Waals surface area contributed by atoms with Gasteiger partial charge < -0.3 is 14.7 Å². The van der Waals surface area contributed by atoms with E-state index < -0.39 is 0 Å². The normalized spacial score (nSPS) is 29.3. The molecule has 1 N–H and O–H groups in total. The van der Waals surface area contributed by atoms with Crippen LogP contribution in [-0.4, -0.2) is 35.3 Å². The lowest BCUT2D eigenvalue weighted by Crippen LogP contribution is -2.47. The number of aliphatic hydroxyl groups excluding tert-OH is 1. The number of piperidine rings is 1. The third kappa shape index (κ3) is 2.59. The van der Waals surface area contributed by atoms with Crippen LogP contribution in [0.15, 0.2) is 30.3 Å². The van der Waals surface area contributed by atoms with Crippen LogP contribution in [0.4, 0.5) is 4.79 Å². The number of hydrogen-bond donors (Lipinski definition) is 1. The molecule has 2 unspecified atom stereocenters. The standard InChI is InChI=1S/C15H19NO3/c17-14-12-6-7-13(14)9-16(8-12)15(18)19-10-11-4-2-1-3-5-11/h1-5,12-14,17H,6-10H2. The summed E-state index contributed by atoms with van der Waals surface area (Å²) in [6.45, 7) is 1.57. The molecule has 1 aliphatic carbocycles. The minimum Gasteiger partial charge on any atom is -0.445 e. The van der Waals surface area contributed by atoms with Gasteiger partial charge in [0, 0.05) is 24.9 Å². The van der Waals surface area contributed by atoms with Gasteiger partial charge in [0.1, 0.15) is 6.61 Å². The summed E-state index contributed by atoms with van der Waals surface area (Å²) >= 11 is 0. The van der Waals surface area contributed by atoms with Gasteiger partial charge in [-0.3, -0.25) is 0 Å². The molecule has 0 radical (unpaired) electrons. The molecule has 1 saturated carbocycles. The van der Waals surface area contributed by atoms with Gasteiger partial charge in [-0.15, -0.1) is 0 Å². The van der Waals surface area contributed by atoms with Crippen molar-refractivity contribution in [1.82, 2.24) is 4.90 Å². The summed E-state index contributed by atoms with van der Waals surface area (Å²) in [5.74, 6) is 0.478. The van der Waals surface area contributed by atoms with E-state index in [9.17, 15) is 9.90 Å². The molecule has 19 heavy (non-hydrogen) atoms. The first-order chi connectivity index (χ1) is 9.24. The molecule has 0 aromatic heterocycles. The first-order valence-corrected chi connectivity index (χ1v) is 6.88. The summed E-state index contributed by atoms with van der Waals surface area (Å²) in [6.07, 6.45) is 1.56. The smallest absolute Gasteiger partial charge is 0.410 e. The van der Waals surface area contributed by atoms with Crippen LogP contribution in [0.1, 0.15) is 18.4 Å². The molecule has 2 bridgehead atoms. The Morgan fingerprint density at radius 3 is 2.47 bits per heavy atom. The van der Waals surface area contributed by atoms with E-state index in [4.69, 9.17) is 4.74 Å². The second-order valence-electron chi connectivity index (χ2n) is 5.53. The minimum atomic E-state index is -0.257. The number of ether oxygens (including phenoxy) is 1. The van der Waals surface area contributed by atoms with Gasteiger partial charge in [0.05, 0.1) is 6.10 Å². The van der Waals surface area contributed by atoms with Crippen molar-refractivity contribution in [2.45, 2.75) is 25.6 Å². The van der Waals surface area contributed by atoms with Gasteiger partial charge in [0.25, 0.3) is 0 Å². The van der Waals surface area contributed by atoms with E-state index in [1.165, 1.54) is 0 Å². The van der Waals surface area contributed by atoms with Gasteiger partial charge in [-0.25, -0.2) is 4.79 Å². The number of rotatable bonds is 2. The second-order valence-corrected chi connectivity index (χ2v) is 5.53. The van der Waals surface area contributed by atoms with E-state index >= 15 is 0 Å². The molecule has 1 aromatic carbocycles. The fourth-order valence-electron chi connectivity index (χ4n) is 3.15. The van der Waals surface area contributed by atoms with Crippen molar-refractivity contribution in [1.29, 1.82) is 0 Å². The van der Waals surface area contributed by atoms with Crippen LogP contribution in [0, 0.1) is 11.8 Å². The van der Waals surface area contributed by atoms with Crippen molar-refractivity contribution in [3.8, 4) is 0 Å². The van der Waals surface area contributed by atoms with E-state index in [2.05, 4.69) is 0 Å². The van der Waals surface area contributed by atoms with E-state index in [0.717, 1.165) is 18.4 Å². The number of carbonyl (C=O) groups is 1. The molecule has 1 saturated heterocycles. The third-order valence-electron chi connectivity index (χ3n) is 4.25. The maximum absolute atomic E-state index is 12.0. The van der Waals surface area contributed by atoms with Crippen LogP contribution in [0.3, 0.4) is 0 Å². The molecule has 2 fully saturated rings. The molecular weight excluding hydrogens is 242 g/mol. The summed E-state index contributed by atoms with van der Waals surface area (Å²) in [4.78, 5) is 13.8. The molecule has 0 spiro atoms. The van der Waals surface area contributed by atoms with Gasteiger partial charge in [0.2, 0.25) is 0 Å². The zero-order valence-electron chi connectivity index (χ0n) is 10.9. The Bertz CT molecular complexity index is 434. The quantitative estimate of drug-likeness (QED) is 0.886. The topological polar surface area (TPSA) is 49.8 Å². The van der Waals surface area contributed by atoms with E-state index in [1.807, 2.05) is 30.3 Å². The lowest BCUT2D eigenvalue weighted by Gasteiger charge is -2.34.